The Bertz CT molecular complexity index is 1190. The molecular weight excluding hydrogens is 502 g/mol. The first kappa shape index (κ1) is 29.1. The van der Waals surface area contributed by atoms with Gasteiger partial charge in [-0.1, -0.05) is 31.2 Å². The monoisotopic (exact) mass is 531 g/mol. The predicted octanol–water partition coefficient (Wildman–Crippen LogP) is 3.94. The Morgan fingerprint density at radius 3 is 2.25 bits per heavy atom. The van der Waals surface area contributed by atoms with Crippen molar-refractivity contribution < 1.29 is 35.6 Å². The summed E-state index contributed by atoms with van der Waals surface area (Å²) in [6.45, 7) is 3.76. The Morgan fingerprint density at radius 1 is 1.06 bits per heavy atom. The van der Waals surface area contributed by atoms with Gasteiger partial charge in [0, 0.05) is 18.2 Å². The van der Waals surface area contributed by atoms with E-state index in [0.717, 1.165) is 29.4 Å². The van der Waals surface area contributed by atoms with Crippen molar-refractivity contribution in [2.75, 3.05) is 17.1 Å². The Balaban J connectivity index is 2.45. The third kappa shape index (κ3) is 7.67. The number of hydrogen-bond acceptors (Lipinski definition) is 4. The second kappa shape index (κ2) is 11.7. The van der Waals surface area contributed by atoms with Crippen LogP contribution in [0.1, 0.15) is 38.3 Å². The molecule has 1 N–H and O–H groups in total. The number of carbonyl (C=O) groups excluding carboxylic acids is 2. The van der Waals surface area contributed by atoms with Crippen LogP contribution in [0.25, 0.3) is 0 Å². The molecule has 0 bridgehead atoms. The van der Waals surface area contributed by atoms with Crippen molar-refractivity contribution in [3.05, 3.63) is 65.5 Å². The normalized spacial score (nSPS) is 13.6. The molecule has 0 aliphatic heterocycles. The minimum Gasteiger partial charge on any atom is -0.352 e. The van der Waals surface area contributed by atoms with Gasteiger partial charge in [-0.25, -0.2) is 12.8 Å². The lowest BCUT2D eigenvalue weighted by atomic mass is 10.1. The minimum absolute atomic E-state index is 0.0824. The van der Waals surface area contributed by atoms with Crippen molar-refractivity contribution in [3.63, 3.8) is 0 Å². The Kier molecular flexibility index (Phi) is 9.47. The standard InChI is InChI=1S/C24H29F4N3O4S/c1-5-16(2)29-23(33)17(3)30(14-18-9-6-7-12-21(18)25)22(32)15-31(36(4,34)35)20-11-8-10-19(13-20)24(26,27)28/h6-13,16-17H,5,14-15H2,1-4H3,(H,29,33). The summed E-state index contributed by atoms with van der Waals surface area (Å²) in [6.07, 6.45) is -3.37. The molecule has 0 saturated carbocycles. The van der Waals surface area contributed by atoms with Gasteiger partial charge >= 0.3 is 6.18 Å². The summed E-state index contributed by atoms with van der Waals surface area (Å²) < 4.78 is 79.5. The Hall–Kier alpha value is -3.15. The molecule has 2 aromatic rings. The lowest BCUT2D eigenvalue weighted by Gasteiger charge is -2.32. The topological polar surface area (TPSA) is 86.8 Å². The maximum atomic E-state index is 14.4. The van der Waals surface area contributed by atoms with E-state index in [2.05, 4.69) is 5.32 Å². The number of amides is 2. The van der Waals surface area contributed by atoms with E-state index in [9.17, 15) is 35.6 Å². The molecule has 2 unspecified atom stereocenters. The average molecular weight is 532 g/mol. The van der Waals surface area contributed by atoms with Gasteiger partial charge in [0.15, 0.2) is 0 Å². The highest BCUT2D eigenvalue weighted by atomic mass is 32.2. The first-order chi connectivity index (χ1) is 16.6. The lowest BCUT2D eigenvalue weighted by Crippen LogP contribution is -2.52. The van der Waals surface area contributed by atoms with Crippen LogP contribution in [0.15, 0.2) is 48.5 Å². The zero-order chi connectivity index (χ0) is 27.3. The largest absolute Gasteiger partial charge is 0.416 e. The van der Waals surface area contributed by atoms with Gasteiger partial charge < -0.3 is 10.2 Å². The summed E-state index contributed by atoms with van der Waals surface area (Å²) in [5, 5.41) is 2.72. The Labute approximate surface area is 208 Å². The van der Waals surface area contributed by atoms with E-state index < -0.39 is 52.0 Å². The first-order valence-electron chi connectivity index (χ1n) is 11.1. The van der Waals surface area contributed by atoms with Gasteiger partial charge in [0.1, 0.15) is 18.4 Å². The van der Waals surface area contributed by atoms with Crippen LogP contribution in [0.2, 0.25) is 0 Å². The number of nitrogens with zero attached hydrogens (tertiary/aromatic N) is 2. The molecule has 0 spiro atoms. The van der Waals surface area contributed by atoms with Gasteiger partial charge in [-0.3, -0.25) is 13.9 Å². The molecule has 0 saturated heterocycles. The van der Waals surface area contributed by atoms with Gasteiger partial charge in [0.05, 0.1) is 17.5 Å². The third-order valence-corrected chi connectivity index (χ3v) is 6.75. The van der Waals surface area contributed by atoms with Gasteiger partial charge in [-0.05, 0) is 44.5 Å². The van der Waals surface area contributed by atoms with E-state index >= 15 is 0 Å². The summed E-state index contributed by atoms with van der Waals surface area (Å²) in [7, 11) is -4.21. The highest BCUT2D eigenvalue weighted by Gasteiger charge is 2.34. The smallest absolute Gasteiger partial charge is 0.352 e. The fourth-order valence-electron chi connectivity index (χ4n) is 3.31. The molecular formula is C24H29F4N3O4S. The van der Waals surface area contributed by atoms with Crippen LogP contribution in [0.4, 0.5) is 23.2 Å². The van der Waals surface area contributed by atoms with E-state index in [-0.39, 0.29) is 23.8 Å². The molecule has 0 aromatic heterocycles. The molecule has 2 amide bonds. The Morgan fingerprint density at radius 2 is 1.69 bits per heavy atom. The van der Waals surface area contributed by atoms with Crippen LogP contribution in [0, 0.1) is 5.82 Å². The van der Waals surface area contributed by atoms with Crippen molar-refractivity contribution in [2.24, 2.45) is 0 Å². The number of halogens is 4. The van der Waals surface area contributed by atoms with Crippen molar-refractivity contribution in [2.45, 2.75) is 52.0 Å². The summed E-state index contributed by atoms with van der Waals surface area (Å²) in [4.78, 5) is 27.2. The molecule has 2 atom stereocenters. The van der Waals surface area contributed by atoms with Gasteiger partial charge in [-0.15, -0.1) is 0 Å². The maximum absolute atomic E-state index is 14.4. The average Bonchev–Trinajstić information content (AvgIpc) is 2.80. The van der Waals surface area contributed by atoms with Crippen LogP contribution in [-0.2, 0) is 32.3 Å². The molecule has 2 rings (SSSR count). The SMILES string of the molecule is CCC(C)NC(=O)C(C)N(Cc1ccccc1F)C(=O)CN(c1cccc(C(F)(F)F)c1)S(C)(=O)=O. The van der Waals surface area contributed by atoms with E-state index in [4.69, 9.17) is 0 Å². The number of rotatable bonds is 10. The second-order valence-electron chi connectivity index (χ2n) is 8.42. The van der Waals surface area contributed by atoms with Crippen LogP contribution < -0.4 is 9.62 Å². The molecule has 0 fully saturated rings. The molecule has 12 heteroatoms. The molecule has 2 aromatic carbocycles. The van der Waals surface area contributed by atoms with E-state index in [1.54, 1.807) is 6.92 Å². The number of nitrogens with one attached hydrogen (secondary N) is 1. The van der Waals surface area contributed by atoms with Gasteiger partial charge in [-0.2, -0.15) is 13.2 Å². The van der Waals surface area contributed by atoms with Crippen LogP contribution in [-0.4, -0.2) is 50.0 Å². The predicted molar refractivity (Wildman–Crippen MR) is 128 cm³/mol. The van der Waals surface area contributed by atoms with Gasteiger partial charge in [0.25, 0.3) is 0 Å². The second-order valence-corrected chi connectivity index (χ2v) is 10.3. The number of carbonyl (C=O) groups is 2. The summed E-state index contributed by atoms with van der Waals surface area (Å²) >= 11 is 0. The minimum atomic E-state index is -4.73. The molecule has 7 nitrogen and oxygen atoms in total. The van der Waals surface area contributed by atoms with Crippen LogP contribution in [0.5, 0.6) is 0 Å². The van der Waals surface area contributed by atoms with Gasteiger partial charge in [0.2, 0.25) is 21.8 Å². The van der Waals surface area contributed by atoms with Crippen LogP contribution in [0.3, 0.4) is 0 Å². The number of anilines is 1. The molecule has 0 aliphatic rings. The van der Waals surface area contributed by atoms with E-state index in [0.29, 0.717) is 16.8 Å². The van der Waals surface area contributed by atoms with Crippen molar-refractivity contribution in [1.29, 1.82) is 0 Å². The number of benzene rings is 2. The molecule has 36 heavy (non-hydrogen) atoms. The fraction of sp³-hybridized carbons (Fsp3) is 0.417. The zero-order valence-corrected chi connectivity index (χ0v) is 21.2. The van der Waals surface area contributed by atoms with Crippen LogP contribution >= 0.6 is 0 Å². The number of sulfonamides is 1. The van der Waals surface area contributed by atoms with Crippen molar-refractivity contribution >= 4 is 27.5 Å². The van der Waals surface area contributed by atoms with Crippen molar-refractivity contribution in [3.8, 4) is 0 Å². The fourth-order valence-corrected chi connectivity index (χ4v) is 4.15. The highest BCUT2D eigenvalue weighted by Crippen LogP contribution is 2.32. The first-order valence-corrected chi connectivity index (χ1v) is 13.0. The third-order valence-electron chi connectivity index (χ3n) is 5.61. The number of alkyl halides is 3. The number of hydrogen-bond donors (Lipinski definition) is 1. The summed E-state index contributed by atoms with van der Waals surface area (Å²) in [5.41, 5.74) is -1.38. The molecule has 0 aliphatic carbocycles. The molecule has 198 valence electrons. The van der Waals surface area contributed by atoms with Crippen molar-refractivity contribution in [1.82, 2.24) is 10.2 Å². The van der Waals surface area contributed by atoms with E-state index in [1.807, 2.05) is 6.92 Å². The highest BCUT2D eigenvalue weighted by molar-refractivity contribution is 7.92. The molecule has 0 radical (unpaired) electrons. The lowest BCUT2D eigenvalue weighted by molar-refractivity contribution is -0.139. The zero-order valence-electron chi connectivity index (χ0n) is 20.3. The summed E-state index contributed by atoms with van der Waals surface area (Å²) in [6, 6.07) is 7.77. The quantitative estimate of drug-likeness (QED) is 0.471. The van der Waals surface area contributed by atoms with E-state index in [1.165, 1.54) is 31.2 Å². The molecule has 0 heterocycles. The summed E-state index contributed by atoms with van der Waals surface area (Å²) in [5.74, 6) is -2.07. The maximum Gasteiger partial charge on any atom is 0.416 e.